The van der Waals surface area contributed by atoms with Gasteiger partial charge < -0.3 is 14.7 Å². The normalized spacial score (nSPS) is 15.1. The van der Waals surface area contributed by atoms with Gasteiger partial charge in [-0.25, -0.2) is 9.97 Å². The second kappa shape index (κ2) is 7.75. The predicted molar refractivity (Wildman–Crippen MR) is 103 cm³/mol. The lowest BCUT2D eigenvalue weighted by atomic mass is 10.1. The van der Waals surface area contributed by atoms with Gasteiger partial charge in [0.05, 0.1) is 31.5 Å². The number of rotatable bonds is 5. The van der Waals surface area contributed by atoms with E-state index in [4.69, 9.17) is 9.72 Å². The van der Waals surface area contributed by atoms with Crippen molar-refractivity contribution in [3.63, 3.8) is 0 Å². The highest BCUT2D eigenvalue weighted by atomic mass is 16.5. The molecular formula is C20H23N5O2. The Morgan fingerprint density at radius 2 is 1.93 bits per heavy atom. The van der Waals surface area contributed by atoms with Gasteiger partial charge in [0.1, 0.15) is 11.6 Å². The average Bonchev–Trinajstić information content (AvgIpc) is 3.18. The van der Waals surface area contributed by atoms with E-state index >= 15 is 0 Å². The van der Waals surface area contributed by atoms with E-state index in [0.717, 1.165) is 48.6 Å². The summed E-state index contributed by atoms with van der Waals surface area (Å²) >= 11 is 0. The molecule has 1 N–H and O–H groups in total. The highest BCUT2D eigenvalue weighted by molar-refractivity contribution is 5.55. The van der Waals surface area contributed by atoms with Crippen LogP contribution >= 0.6 is 0 Å². The lowest BCUT2D eigenvalue weighted by molar-refractivity contribution is 0.145. The van der Waals surface area contributed by atoms with E-state index in [1.54, 1.807) is 19.5 Å². The van der Waals surface area contributed by atoms with Crippen LogP contribution in [0.2, 0.25) is 0 Å². The maximum atomic E-state index is 9.68. The fourth-order valence-corrected chi connectivity index (χ4v) is 3.24. The number of aliphatic hydroxyl groups excluding tert-OH is 1. The van der Waals surface area contributed by atoms with Crippen molar-refractivity contribution in [2.45, 2.75) is 25.5 Å². The fraction of sp³-hybridized carbons (Fsp3) is 0.350. The van der Waals surface area contributed by atoms with Crippen LogP contribution in [-0.2, 0) is 6.54 Å². The Hall–Kier alpha value is -2.93. The van der Waals surface area contributed by atoms with E-state index in [0.29, 0.717) is 12.4 Å². The summed E-state index contributed by atoms with van der Waals surface area (Å²) in [6, 6.07) is 9.87. The molecule has 1 aliphatic heterocycles. The molecule has 140 valence electrons. The number of aliphatic hydroxyl groups is 1. The minimum atomic E-state index is -0.196. The van der Waals surface area contributed by atoms with E-state index in [-0.39, 0.29) is 6.10 Å². The predicted octanol–water partition coefficient (Wildman–Crippen LogP) is 2.36. The third kappa shape index (κ3) is 4.09. The summed E-state index contributed by atoms with van der Waals surface area (Å²) in [6.45, 7) is 2.30. The Balaban J connectivity index is 1.48. The van der Waals surface area contributed by atoms with Gasteiger partial charge in [0.25, 0.3) is 0 Å². The zero-order chi connectivity index (χ0) is 18.6. The molecule has 1 aliphatic rings. The standard InChI is InChI=1S/C20H23N5O2/c1-27-18-4-2-15(3-5-18)13-25-14-16(12-22-25)20-21-9-6-19(23-20)24-10-7-17(26)8-11-24/h2-6,9,12,14,17,26H,7-8,10-11,13H2,1H3. The van der Waals surface area contributed by atoms with Crippen molar-refractivity contribution in [3.05, 3.63) is 54.5 Å². The zero-order valence-electron chi connectivity index (χ0n) is 15.3. The molecule has 4 rings (SSSR count). The molecule has 0 unspecified atom stereocenters. The van der Waals surface area contributed by atoms with Crippen LogP contribution in [0.25, 0.3) is 11.4 Å². The SMILES string of the molecule is COc1ccc(Cn2cc(-c3nccc(N4CCC(O)CC4)n3)cn2)cc1. The third-order valence-electron chi connectivity index (χ3n) is 4.82. The lowest BCUT2D eigenvalue weighted by Gasteiger charge is -2.30. The first-order chi connectivity index (χ1) is 13.2. The van der Waals surface area contributed by atoms with Crippen LogP contribution < -0.4 is 9.64 Å². The Morgan fingerprint density at radius 3 is 2.67 bits per heavy atom. The number of methoxy groups -OCH3 is 1. The quantitative estimate of drug-likeness (QED) is 0.748. The number of aromatic nitrogens is 4. The number of piperidine rings is 1. The van der Waals surface area contributed by atoms with Gasteiger partial charge in [0.2, 0.25) is 0 Å². The van der Waals surface area contributed by atoms with E-state index in [1.165, 1.54) is 0 Å². The summed E-state index contributed by atoms with van der Waals surface area (Å²) in [7, 11) is 1.66. The van der Waals surface area contributed by atoms with Crippen molar-refractivity contribution in [2.24, 2.45) is 0 Å². The minimum Gasteiger partial charge on any atom is -0.497 e. The van der Waals surface area contributed by atoms with Crippen LogP contribution in [-0.4, -0.2) is 51.2 Å². The van der Waals surface area contributed by atoms with Crippen LogP contribution in [0, 0.1) is 0 Å². The largest absolute Gasteiger partial charge is 0.497 e. The van der Waals surface area contributed by atoms with E-state index in [1.807, 2.05) is 41.2 Å². The van der Waals surface area contributed by atoms with Gasteiger partial charge >= 0.3 is 0 Å². The van der Waals surface area contributed by atoms with Gasteiger partial charge in [-0.15, -0.1) is 0 Å². The topological polar surface area (TPSA) is 76.3 Å². The van der Waals surface area contributed by atoms with Crippen molar-refractivity contribution in [1.29, 1.82) is 0 Å². The molecule has 0 radical (unpaired) electrons. The molecule has 1 saturated heterocycles. The third-order valence-corrected chi connectivity index (χ3v) is 4.82. The molecule has 0 spiro atoms. The molecule has 3 heterocycles. The lowest BCUT2D eigenvalue weighted by Crippen LogP contribution is -2.36. The molecule has 0 aliphatic carbocycles. The maximum Gasteiger partial charge on any atom is 0.164 e. The van der Waals surface area contributed by atoms with Gasteiger partial charge in [0, 0.05) is 25.5 Å². The molecule has 7 heteroatoms. The van der Waals surface area contributed by atoms with E-state index in [2.05, 4.69) is 15.0 Å². The molecule has 7 nitrogen and oxygen atoms in total. The van der Waals surface area contributed by atoms with Gasteiger partial charge in [-0.3, -0.25) is 4.68 Å². The van der Waals surface area contributed by atoms with Gasteiger partial charge in [-0.1, -0.05) is 12.1 Å². The molecule has 1 aromatic carbocycles. The molecule has 0 bridgehead atoms. The van der Waals surface area contributed by atoms with Crippen LogP contribution in [0.4, 0.5) is 5.82 Å². The number of hydrogen-bond donors (Lipinski definition) is 1. The summed E-state index contributed by atoms with van der Waals surface area (Å²) in [5, 5.41) is 14.1. The smallest absolute Gasteiger partial charge is 0.164 e. The molecule has 27 heavy (non-hydrogen) atoms. The van der Waals surface area contributed by atoms with Crippen LogP contribution in [0.3, 0.4) is 0 Å². The summed E-state index contributed by atoms with van der Waals surface area (Å²) in [6.07, 6.45) is 6.90. The molecule has 0 saturated carbocycles. The van der Waals surface area contributed by atoms with Gasteiger partial charge in [-0.05, 0) is 36.6 Å². The first kappa shape index (κ1) is 17.5. The first-order valence-electron chi connectivity index (χ1n) is 9.13. The maximum absolute atomic E-state index is 9.68. The molecule has 0 atom stereocenters. The van der Waals surface area contributed by atoms with E-state index < -0.39 is 0 Å². The van der Waals surface area contributed by atoms with Crippen LogP contribution in [0.1, 0.15) is 18.4 Å². The summed E-state index contributed by atoms with van der Waals surface area (Å²) in [5.41, 5.74) is 2.04. The van der Waals surface area contributed by atoms with E-state index in [9.17, 15) is 5.11 Å². The van der Waals surface area contributed by atoms with Gasteiger partial charge in [-0.2, -0.15) is 5.10 Å². The summed E-state index contributed by atoms with van der Waals surface area (Å²) in [4.78, 5) is 11.3. The van der Waals surface area contributed by atoms with Crippen molar-refractivity contribution in [1.82, 2.24) is 19.7 Å². The Kier molecular flexibility index (Phi) is 5.02. The Labute approximate surface area is 158 Å². The molecular weight excluding hydrogens is 342 g/mol. The highest BCUT2D eigenvalue weighted by Gasteiger charge is 2.18. The molecule has 0 amide bonds. The highest BCUT2D eigenvalue weighted by Crippen LogP contribution is 2.21. The second-order valence-corrected chi connectivity index (χ2v) is 6.73. The monoisotopic (exact) mass is 365 g/mol. The van der Waals surface area contributed by atoms with Crippen molar-refractivity contribution >= 4 is 5.82 Å². The first-order valence-corrected chi connectivity index (χ1v) is 9.13. The number of hydrogen-bond acceptors (Lipinski definition) is 6. The van der Waals surface area contributed by atoms with Crippen LogP contribution in [0.15, 0.2) is 48.9 Å². The zero-order valence-corrected chi connectivity index (χ0v) is 15.3. The molecule has 2 aromatic heterocycles. The van der Waals surface area contributed by atoms with Crippen LogP contribution in [0.5, 0.6) is 5.75 Å². The number of ether oxygens (including phenoxy) is 1. The summed E-state index contributed by atoms with van der Waals surface area (Å²) < 4.78 is 7.07. The average molecular weight is 365 g/mol. The second-order valence-electron chi connectivity index (χ2n) is 6.73. The minimum absolute atomic E-state index is 0.196. The summed E-state index contributed by atoms with van der Waals surface area (Å²) in [5.74, 6) is 2.41. The molecule has 3 aromatic rings. The number of benzene rings is 1. The van der Waals surface area contributed by atoms with Crippen molar-refractivity contribution < 1.29 is 9.84 Å². The number of anilines is 1. The molecule has 1 fully saturated rings. The van der Waals surface area contributed by atoms with Crippen molar-refractivity contribution in [2.75, 3.05) is 25.1 Å². The van der Waals surface area contributed by atoms with Crippen molar-refractivity contribution in [3.8, 4) is 17.1 Å². The number of nitrogens with zero attached hydrogens (tertiary/aromatic N) is 5. The van der Waals surface area contributed by atoms with Gasteiger partial charge in [0.15, 0.2) is 5.82 Å². The Bertz CT molecular complexity index is 885. The fourth-order valence-electron chi connectivity index (χ4n) is 3.24. The Morgan fingerprint density at radius 1 is 1.15 bits per heavy atom.